The van der Waals surface area contributed by atoms with Gasteiger partial charge in [0.1, 0.15) is 5.82 Å². The molecule has 0 heterocycles. The molecule has 110 valence electrons. The second kappa shape index (κ2) is 6.46. The lowest BCUT2D eigenvalue weighted by molar-refractivity contribution is 0.0993. The maximum atomic E-state index is 13.4. The van der Waals surface area contributed by atoms with Crippen LogP contribution in [0.25, 0.3) is 0 Å². The van der Waals surface area contributed by atoms with Gasteiger partial charge in [0.05, 0.1) is 17.0 Å². The third kappa shape index (κ3) is 3.96. The van der Waals surface area contributed by atoms with Gasteiger partial charge in [-0.2, -0.15) is 0 Å². The molecular weight excluding hydrogens is 361 g/mol. The molecule has 21 heavy (non-hydrogen) atoms. The zero-order valence-corrected chi connectivity index (χ0v) is 13.1. The Balaban J connectivity index is 2.12. The molecule has 0 fully saturated rings. The highest BCUT2D eigenvalue weighted by Gasteiger charge is 2.17. The topological polar surface area (TPSA) is 63.2 Å². The minimum atomic E-state index is -3.82. The van der Waals surface area contributed by atoms with Crippen LogP contribution >= 0.6 is 15.9 Å². The number of ketones is 1. The Kier molecular flexibility index (Phi) is 4.87. The lowest BCUT2D eigenvalue weighted by Crippen LogP contribution is -2.30. The van der Waals surface area contributed by atoms with Gasteiger partial charge in [-0.05, 0) is 30.3 Å². The molecular formula is C14H11BrFNO3S. The van der Waals surface area contributed by atoms with Gasteiger partial charge in [-0.3, -0.25) is 4.79 Å². The van der Waals surface area contributed by atoms with Crippen LogP contribution in [0.5, 0.6) is 0 Å². The van der Waals surface area contributed by atoms with Gasteiger partial charge in [0.25, 0.3) is 0 Å². The molecule has 2 rings (SSSR count). The largest absolute Gasteiger partial charge is 0.293 e. The predicted octanol–water partition coefficient (Wildman–Crippen LogP) is 2.75. The molecule has 0 radical (unpaired) electrons. The van der Waals surface area contributed by atoms with Gasteiger partial charge in [0, 0.05) is 4.47 Å². The van der Waals surface area contributed by atoms with E-state index in [-0.39, 0.29) is 10.5 Å². The second-order valence-electron chi connectivity index (χ2n) is 4.18. The van der Waals surface area contributed by atoms with Crippen molar-refractivity contribution in [3.05, 3.63) is 64.4 Å². The van der Waals surface area contributed by atoms with Gasteiger partial charge >= 0.3 is 0 Å². The Bertz CT molecular complexity index is 777. The Morgan fingerprint density at radius 2 is 1.86 bits per heavy atom. The lowest BCUT2D eigenvalue weighted by Gasteiger charge is -2.07. The molecule has 0 saturated heterocycles. The van der Waals surface area contributed by atoms with Crippen molar-refractivity contribution < 1.29 is 17.6 Å². The van der Waals surface area contributed by atoms with Crippen LogP contribution in [0.3, 0.4) is 0 Å². The van der Waals surface area contributed by atoms with E-state index in [1.807, 2.05) is 0 Å². The highest BCUT2D eigenvalue weighted by molar-refractivity contribution is 9.10. The van der Waals surface area contributed by atoms with Crippen LogP contribution in [-0.4, -0.2) is 20.7 Å². The number of hydrogen-bond donors (Lipinski definition) is 1. The van der Waals surface area contributed by atoms with Gasteiger partial charge in [-0.25, -0.2) is 17.5 Å². The molecule has 4 nitrogen and oxygen atoms in total. The van der Waals surface area contributed by atoms with E-state index in [0.717, 1.165) is 6.07 Å². The van der Waals surface area contributed by atoms with Crippen molar-refractivity contribution in [2.45, 2.75) is 4.90 Å². The van der Waals surface area contributed by atoms with Crippen molar-refractivity contribution in [1.82, 2.24) is 4.72 Å². The molecule has 2 aromatic rings. The Morgan fingerprint density at radius 3 is 2.52 bits per heavy atom. The van der Waals surface area contributed by atoms with Gasteiger partial charge < -0.3 is 0 Å². The minimum absolute atomic E-state index is 0.0261. The molecule has 1 N–H and O–H groups in total. The molecule has 0 saturated carbocycles. The fourth-order valence-corrected chi connectivity index (χ4v) is 3.24. The molecule has 0 amide bonds. The lowest BCUT2D eigenvalue weighted by atomic mass is 10.1. The molecule has 0 aromatic heterocycles. The van der Waals surface area contributed by atoms with Crippen molar-refractivity contribution in [2.24, 2.45) is 0 Å². The average molecular weight is 372 g/mol. The molecule has 0 unspecified atom stereocenters. The van der Waals surface area contributed by atoms with E-state index >= 15 is 0 Å². The number of Topliss-reactive ketones (excluding diaryl/α,β-unsaturated/α-hetero) is 1. The summed E-state index contributed by atoms with van der Waals surface area (Å²) in [6, 6.07) is 11.5. The summed E-state index contributed by atoms with van der Waals surface area (Å²) < 4.78 is 40.3. The summed E-state index contributed by atoms with van der Waals surface area (Å²) in [7, 11) is -3.82. The van der Waals surface area contributed by atoms with E-state index in [4.69, 9.17) is 0 Å². The fourth-order valence-electron chi connectivity index (χ4n) is 1.66. The van der Waals surface area contributed by atoms with E-state index in [9.17, 15) is 17.6 Å². The number of carbonyl (C=O) groups is 1. The number of nitrogens with one attached hydrogen (secondary N) is 1. The molecule has 7 heteroatoms. The normalized spacial score (nSPS) is 11.3. The van der Waals surface area contributed by atoms with Crippen LogP contribution in [0.1, 0.15) is 10.4 Å². The highest BCUT2D eigenvalue weighted by atomic mass is 79.9. The summed E-state index contributed by atoms with van der Waals surface area (Å²) in [5.74, 6) is -1.31. The smallest absolute Gasteiger partial charge is 0.241 e. The third-order valence-electron chi connectivity index (χ3n) is 2.70. The molecule has 0 bridgehead atoms. The highest BCUT2D eigenvalue weighted by Crippen LogP contribution is 2.16. The van der Waals surface area contributed by atoms with Crippen molar-refractivity contribution in [1.29, 1.82) is 0 Å². The van der Waals surface area contributed by atoms with Gasteiger partial charge in [0.2, 0.25) is 10.0 Å². The van der Waals surface area contributed by atoms with E-state index in [0.29, 0.717) is 4.47 Å². The quantitative estimate of drug-likeness (QED) is 0.821. The van der Waals surface area contributed by atoms with Crippen LogP contribution in [-0.2, 0) is 10.0 Å². The Labute approximate surface area is 130 Å². The minimum Gasteiger partial charge on any atom is -0.293 e. The van der Waals surface area contributed by atoms with Gasteiger partial charge in [-0.15, -0.1) is 0 Å². The van der Waals surface area contributed by atoms with E-state index in [1.54, 1.807) is 12.1 Å². The first-order valence-electron chi connectivity index (χ1n) is 5.93. The molecule has 0 aliphatic rings. The maximum Gasteiger partial charge on any atom is 0.241 e. The standard InChI is InChI=1S/C14H11BrFNO3S/c15-10-4-3-5-11(8-10)21(19,20)17-9-14(18)12-6-1-2-7-13(12)16/h1-8,17H,9H2. The summed E-state index contributed by atoms with van der Waals surface area (Å²) in [5, 5.41) is 0. The van der Waals surface area contributed by atoms with Crippen LogP contribution in [0.4, 0.5) is 4.39 Å². The summed E-state index contributed by atoms with van der Waals surface area (Å²) >= 11 is 3.17. The number of rotatable bonds is 5. The van der Waals surface area contributed by atoms with Crippen molar-refractivity contribution >= 4 is 31.7 Å². The number of carbonyl (C=O) groups excluding carboxylic acids is 1. The first-order valence-corrected chi connectivity index (χ1v) is 8.21. The van der Waals surface area contributed by atoms with Gasteiger partial charge in [0.15, 0.2) is 5.78 Å². The summed E-state index contributed by atoms with van der Waals surface area (Å²) in [6.07, 6.45) is 0. The molecule has 0 aliphatic heterocycles. The van der Waals surface area contributed by atoms with E-state index in [2.05, 4.69) is 20.7 Å². The summed E-state index contributed by atoms with van der Waals surface area (Å²) in [4.78, 5) is 11.9. The third-order valence-corrected chi connectivity index (χ3v) is 4.60. The number of benzene rings is 2. The van der Waals surface area contributed by atoms with Crippen molar-refractivity contribution in [2.75, 3.05) is 6.54 Å². The second-order valence-corrected chi connectivity index (χ2v) is 6.87. The first-order chi connectivity index (χ1) is 9.90. The number of halogens is 2. The summed E-state index contributed by atoms with van der Waals surface area (Å²) in [6.45, 7) is -0.504. The van der Waals surface area contributed by atoms with Gasteiger partial charge in [-0.1, -0.05) is 34.1 Å². The maximum absolute atomic E-state index is 13.4. The van der Waals surface area contributed by atoms with Crippen LogP contribution in [0.2, 0.25) is 0 Å². The number of hydrogen-bond acceptors (Lipinski definition) is 3. The zero-order chi connectivity index (χ0) is 15.5. The Hall–Kier alpha value is -1.57. The van der Waals surface area contributed by atoms with Crippen LogP contribution in [0.15, 0.2) is 57.9 Å². The average Bonchev–Trinajstić information content (AvgIpc) is 2.45. The summed E-state index contributed by atoms with van der Waals surface area (Å²) in [5.41, 5.74) is -0.144. The van der Waals surface area contributed by atoms with Crippen molar-refractivity contribution in [3.63, 3.8) is 0 Å². The monoisotopic (exact) mass is 371 g/mol. The van der Waals surface area contributed by atoms with E-state index in [1.165, 1.54) is 30.3 Å². The first kappa shape index (κ1) is 15.8. The molecule has 0 atom stereocenters. The van der Waals surface area contributed by atoms with E-state index < -0.39 is 28.2 Å². The predicted molar refractivity (Wildman–Crippen MR) is 80.1 cm³/mol. The van der Waals surface area contributed by atoms with Crippen molar-refractivity contribution in [3.8, 4) is 0 Å². The molecule has 0 spiro atoms. The van der Waals surface area contributed by atoms with Crippen LogP contribution in [0, 0.1) is 5.82 Å². The fraction of sp³-hybridized carbons (Fsp3) is 0.0714. The molecule has 0 aliphatic carbocycles. The Morgan fingerprint density at radius 1 is 1.14 bits per heavy atom. The van der Waals surface area contributed by atoms with Crippen LogP contribution < -0.4 is 4.72 Å². The molecule has 2 aromatic carbocycles. The SMILES string of the molecule is O=C(CNS(=O)(=O)c1cccc(Br)c1)c1ccccc1F. The zero-order valence-electron chi connectivity index (χ0n) is 10.7. The number of sulfonamides is 1.